The molecule has 0 aromatic heterocycles. The Balaban J connectivity index is 1.65. The van der Waals surface area contributed by atoms with Crippen molar-refractivity contribution >= 4 is 22.9 Å². The first kappa shape index (κ1) is 24.6. The second-order valence-electron chi connectivity index (χ2n) is 8.13. The fourth-order valence-corrected chi connectivity index (χ4v) is 14.4. The van der Waals surface area contributed by atoms with Crippen LogP contribution in [0.1, 0.15) is 0 Å². The van der Waals surface area contributed by atoms with Gasteiger partial charge in [0, 0.05) is 6.66 Å². The standard InChI is InChI=1S/C26H27N3O4P3/c1-34(30-23-15-7-3-8-16-23)27-35(2,31-24-17-9-4-10-18-24)29-36(28-34,32-25-19-11-5-12-20-25)33-26-21-13-6-14-22-26/h3-22,28H,1-2H3/q+1. The average Bonchev–Trinajstić information content (AvgIpc) is 2.85. The molecule has 2 unspecified atom stereocenters. The van der Waals surface area contributed by atoms with Gasteiger partial charge in [-0.1, -0.05) is 72.8 Å². The quantitative estimate of drug-likeness (QED) is 0.227. The number of hydrogen-bond acceptors (Lipinski definition) is 7. The molecule has 184 valence electrons. The van der Waals surface area contributed by atoms with Gasteiger partial charge in [0.05, 0.1) is 0 Å². The second-order valence-corrected chi connectivity index (χ2v) is 15.6. The van der Waals surface area contributed by atoms with E-state index in [9.17, 15) is 0 Å². The third-order valence-corrected chi connectivity index (χ3v) is 14.4. The molecule has 4 aromatic carbocycles. The minimum absolute atomic E-state index is 0.623. The summed E-state index contributed by atoms with van der Waals surface area (Å²) in [7, 11) is -8.78. The lowest BCUT2D eigenvalue weighted by molar-refractivity contribution is 0.465. The van der Waals surface area contributed by atoms with Gasteiger partial charge in [0.1, 0.15) is 23.9 Å². The van der Waals surface area contributed by atoms with Crippen molar-refractivity contribution in [3.8, 4) is 23.0 Å². The first-order valence-electron chi connectivity index (χ1n) is 11.3. The third kappa shape index (κ3) is 6.19. The maximum Gasteiger partial charge on any atom is 0.439 e. The summed E-state index contributed by atoms with van der Waals surface area (Å²) in [6.07, 6.45) is 0. The summed E-state index contributed by atoms with van der Waals surface area (Å²) in [5.74, 6) is 2.61. The normalized spacial score (nSPS) is 22.4. The molecular formula is C26H27N3O4P3+. The predicted molar refractivity (Wildman–Crippen MR) is 149 cm³/mol. The molecule has 36 heavy (non-hydrogen) atoms. The van der Waals surface area contributed by atoms with E-state index in [0.29, 0.717) is 23.0 Å². The summed E-state index contributed by atoms with van der Waals surface area (Å²) >= 11 is 0. The van der Waals surface area contributed by atoms with Gasteiger partial charge >= 0.3 is 15.4 Å². The third-order valence-electron chi connectivity index (χ3n) is 4.92. The van der Waals surface area contributed by atoms with Crippen LogP contribution in [0.3, 0.4) is 0 Å². The van der Waals surface area contributed by atoms with E-state index in [1.165, 1.54) is 0 Å². The zero-order chi connectivity index (χ0) is 24.9. The van der Waals surface area contributed by atoms with Crippen LogP contribution in [0.15, 0.2) is 130 Å². The highest BCUT2D eigenvalue weighted by atomic mass is 31.3. The smallest absolute Gasteiger partial charge is 0.439 e. The Kier molecular flexibility index (Phi) is 7.18. The van der Waals surface area contributed by atoms with Gasteiger partial charge in [-0.25, -0.2) is 0 Å². The lowest BCUT2D eigenvalue weighted by Gasteiger charge is -2.33. The number of benzene rings is 4. The zero-order valence-corrected chi connectivity index (χ0v) is 22.6. The van der Waals surface area contributed by atoms with Gasteiger partial charge in [0.2, 0.25) is 0 Å². The van der Waals surface area contributed by atoms with E-state index in [-0.39, 0.29) is 0 Å². The summed E-state index contributed by atoms with van der Waals surface area (Å²) < 4.78 is 36.3. The minimum atomic E-state index is -3.22. The highest BCUT2D eigenvalue weighted by molar-refractivity contribution is 7.86. The Morgan fingerprint density at radius 3 is 1.42 bits per heavy atom. The molecule has 1 N–H and O–H groups in total. The molecule has 0 saturated heterocycles. The van der Waals surface area contributed by atoms with Crippen LogP contribution in [0.5, 0.6) is 23.0 Å². The average molecular weight is 538 g/mol. The lowest BCUT2D eigenvalue weighted by atomic mass is 10.3. The van der Waals surface area contributed by atoms with Crippen LogP contribution in [-0.4, -0.2) is 13.3 Å². The van der Waals surface area contributed by atoms with Crippen molar-refractivity contribution < 1.29 is 18.1 Å². The molecule has 0 spiro atoms. The molecule has 1 aliphatic heterocycles. The number of hydrogen-bond donors (Lipinski definition) is 1. The topological polar surface area (TPSA) is 73.7 Å². The predicted octanol–water partition coefficient (Wildman–Crippen LogP) is 8.91. The van der Waals surface area contributed by atoms with Crippen LogP contribution >= 0.6 is 22.9 Å². The monoisotopic (exact) mass is 538 g/mol. The number of nitrogens with one attached hydrogen (secondary N) is 1. The molecule has 0 amide bonds. The van der Waals surface area contributed by atoms with Gasteiger partial charge in [0.25, 0.3) is 7.43 Å². The maximum atomic E-state index is 6.56. The Hall–Kier alpha value is -3.07. The van der Waals surface area contributed by atoms with Crippen molar-refractivity contribution in [3.63, 3.8) is 0 Å². The Morgan fingerprint density at radius 2 is 0.972 bits per heavy atom. The number of nitrogens with zero attached hydrogens (tertiary/aromatic N) is 2. The van der Waals surface area contributed by atoms with Gasteiger partial charge in [-0.3, -0.25) is 0 Å². The van der Waals surface area contributed by atoms with E-state index in [2.05, 4.69) is 4.86 Å². The molecule has 0 bridgehead atoms. The van der Waals surface area contributed by atoms with E-state index in [0.717, 1.165) is 0 Å². The van der Waals surface area contributed by atoms with Crippen LogP contribution < -0.4 is 23.0 Å². The highest BCUT2D eigenvalue weighted by Crippen LogP contribution is 2.77. The molecule has 5 rings (SSSR count). The van der Waals surface area contributed by atoms with Crippen molar-refractivity contribution in [2.45, 2.75) is 0 Å². The summed E-state index contributed by atoms with van der Waals surface area (Å²) in [6.45, 7) is 3.85. The summed E-state index contributed by atoms with van der Waals surface area (Å²) in [4.78, 5) is 3.50. The Labute approximate surface area is 212 Å². The molecule has 1 heterocycles. The molecule has 2 atom stereocenters. The van der Waals surface area contributed by atoms with Gasteiger partial charge in [-0.15, -0.1) is 4.52 Å². The first-order valence-corrected chi connectivity index (χ1v) is 17.1. The SMILES string of the molecule is CP1(Oc2ccccc2)=N[P+](C)(Oc2ccccc2)NP(Oc2ccccc2)(Oc2ccccc2)=N1. The van der Waals surface area contributed by atoms with Gasteiger partial charge in [-0.05, 0) is 57.9 Å². The highest BCUT2D eigenvalue weighted by Gasteiger charge is 2.53. The molecule has 0 fully saturated rings. The van der Waals surface area contributed by atoms with E-state index in [4.69, 9.17) is 27.1 Å². The summed E-state index contributed by atoms with van der Waals surface area (Å²) in [5.41, 5.74) is 0. The molecule has 0 radical (unpaired) electrons. The second kappa shape index (κ2) is 10.5. The largest absolute Gasteiger partial charge is 0.439 e. The molecule has 1 aliphatic rings. The van der Waals surface area contributed by atoms with Crippen molar-refractivity contribution in [3.05, 3.63) is 121 Å². The Morgan fingerprint density at radius 1 is 0.583 bits per heavy atom. The van der Waals surface area contributed by atoms with Crippen LogP contribution in [0.2, 0.25) is 0 Å². The van der Waals surface area contributed by atoms with E-state index < -0.39 is 22.9 Å². The fourth-order valence-electron chi connectivity index (χ4n) is 3.61. The molecule has 7 nitrogen and oxygen atoms in total. The van der Waals surface area contributed by atoms with Crippen LogP contribution in [0, 0.1) is 0 Å². The van der Waals surface area contributed by atoms with Gasteiger partial charge < -0.3 is 18.1 Å². The van der Waals surface area contributed by atoms with Gasteiger partial charge in [-0.2, -0.15) is 0 Å². The van der Waals surface area contributed by atoms with Crippen LogP contribution in [-0.2, 0) is 0 Å². The number of para-hydroxylation sites is 4. The lowest BCUT2D eigenvalue weighted by Crippen LogP contribution is -2.24. The van der Waals surface area contributed by atoms with E-state index >= 15 is 0 Å². The molecular weight excluding hydrogens is 511 g/mol. The molecule has 10 heteroatoms. The van der Waals surface area contributed by atoms with Crippen molar-refractivity contribution in [1.29, 1.82) is 0 Å². The summed E-state index contributed by atoms with van der Waals surface area (Å²) in [5, 5.41) is 0. The first-order chi connectivity index (χ1) is 17.4. The van der Waals surface area contributed by atoms with Crippen LogP contribution in [0.25, 0.3) is 0 Å². The van der Waals surface area contributed by atoms with Crippen LogP contribution in [0.4, 0.5) is 0 Å². The van der Waals surface area contributed by atoms with E-state index in [1.807, 2.05) is 135 Å². The van der Waals surface area contributed by atoms with Crippen molar-refractivity contribution in [2.24, 2.45) is 9.03 Å². The van der Waals surface area contributed by atoms with E-state index in [1.54, 1.807) is 0 Å². The number of rotatable bonds is 8. The maximum absolute atomic E-state index is 6.56. The molecule has 0 saturated carbocycles. The molecule has 0 aliphatic carbocycles. The fraction of sp³-hybridized carbons (Fsp3) is 0.0769. The minimum Gasteiger partial charge on any atom is -0.439 e. The van der Waals surface area contributed by atoms with Crippen molar-refractivity contribution in [1.82, 2.24) is 4.86 Å². The van der Waals surface area contributed by atoms with Crippen molar-refractivity contribution in [2.75, 3.05) is 13.3 Å². The summed E-state index contributed by atoms with van der Waals surface area (Å²) in [6, 6.07) is 38.2. The molecule has 4 aromatic rings. The Bertz CT molecular complexity index is 1360. The zero-order valence-electron chi connectivity index (χ0n) is 19.9. The van der Waals surface area contributed by atoms with Gasteiger partial charge in [0.15, 0.2) is 5.75 Å².